The third kappa shape index (κ3) is 4.12. The molecule has 21 heavy (non-hydrogen) atoms. The molecule has 1 rings (SSSR count). The maximum atomic E-state index is 11.9. The minimum Gasteiger partial charge on any atom is -0.479 e. The largest absolute Gasteiger partial charge is 0.479 e. The number of hydrogen-bond acceptors (Lipinski definition) is 5. The molecule has 6 nitrogen and oxygen atoms in total. The van der Waals surface area contributed by atoms with Gasteiger partial charge in [-0.05, 0) is 26.0 Å². The number of carboxylic acid groups (broad SMARTS) is 1. The van der Waals surface area contributed by atoms with E-state index < -0.39 is 22.9 Å². The lowest BCUT2D eigenvalue weighted by Crippen LogP contribution is -2.18. The highest BCUT2D eigenvalue weighted by molar-refractivity contribution is 9.10. The van der Waals surface area contributed by atoms with Gasteiger partial charge in [0, 0.05) is 11.1 Å². The van der Waals surface area contributed by atoms with E-state index >= 15 is 0 Å². The number of hydrogen-bond donors (Lipinski definition) is 2. The molecule has 0 bridgehead atoms. The molecular weight excluding hydrogens is 344 g/mol. The maximum absolute atomic E-state index is 11.9. The van der Waals surface area contributed by atoms with E-state index in [0.717, 1.165) is 0 Å². The van der Waals surface area contributed by atoms with Crippen molar-refractivity contribution < 1.29 is 29.3 Å². The predicted molar refractivity (Wildman–Crippen MR) is 77.7 cm³/mol. The van der Waals surface area contributed by atoms with Crippen molar-refractivity contribution in [2.24, 2.45) is 0 Å². The highest BCUT2D eigenvalue weighted by atomic mass is 79.9. The number of Topliss-reactive ketones (excluding diaryl/α,β-unsaturated/α-hetero) is 1. The number of aliphatic hydroxyl groups is 1. The number of aliphatic carboxylic acids is 1. The fourth-order valence-corrected chi connectivity index (χ4v) is 1.96. The topological polar surface area (TPSA) is 101 Å². The number of ketones is 1. The number of carbonyl (C=O) groups is 3. The monoisotopic (exact) mass is 358 g/mol. The third-order valence-electron chi connectivity index (χ3n) is 2.72. The molecule has 0 saturated heterocycles. The normalized spacial score (nSPS) is 13.3. The molecule has 1 aromatic rings. The Balaban J connectivity index is 3.36. The molecule has 0 spiro atoms. The van der Waals surface area contributed by atoms with Crippen LogP contribution < -0.4 is 0 Å². The third-order valence-corrected chi connectivity index (χ3v) is 3.14. The van der Waals surface area contributed by atoms with E-state index in [1.165, 1.54) is 18.2 Å². The van der Waals surface area contributed by atoms with Crippen LogP contribution in [0.4, 0.5) is 0 Å². The van der Waals surface area contributed by atoms with Crippen molar-refractivity contribution in [1.82, 2.24) is 0 Å². The van der Waals surface area contributed by atoms with Crippen LogP contribution in [0.25, 0.3) is 0 Å². The maximum Gasteiger partial charge on any atom is 0.338 e. The Hall–Kier alpha value is -1.73. The summed E-state index contributed by atoms with van der Waals surface area (Å²) in [7, 11) is 0. The first-order valence-electron chi connectivity index (χ1n) is 6.19. The zero-order valence-electron chi connectivity index (χ0n) is 11.5. The molecule has 0 heterocycles. The molecule has 0 aliphatic rings. The van der Waals surface area contributed by atoms with E-state index in [2.05, 4.69) is 15.9 Å². The number of esters is 1. The van der Waals surface area contributed by atoms with Gasteiger partial charge < -0.3 is 14.9 Å². The second kappa shape index (κ2) is 7.33. The van der Waals surface area contributed by atoms with Crippen molar-refractivity contribution in [3.8, 4) is 0 Å². The van der Waals surface area contributed by atoms with Crippen molar-refractivity contribution in [3.63, 3.8) is 0 Å². The van der Waals surface area contributed by atoms with Crippen LogP contribution in [-0.4, -0.2) is 39.4 Å². The molecule has 0 fully saturated rings. The second-order valence-electron chi connectivity index (χ2n) is 4.24. The summed E-state index contributed by atoms with van der Waals surface area (Å²) in [5.74, 6) is -2.56. The van der Waals surface area contributed by atoms with Gasteiger partial charge in [-0.2, -0.15) is 0 Å². The number of alkyl halides is 1. The highest BCUT2D eigenvalue weighted by Gasteiger charge is 2.25. The number of benzene rings is 1. The number of carboxylic acids is 1. The number of rotatable bonds is 6. The minimum atomic E-state index is -1.91. The molecular formula is C14H15BrO6. The van der Waals surface area contributed by atoms with Crippen LogP contribution in [-0.2, 0) is 9.53 Å². The lowest BCUT2D eigenvalue weighted by Gasteiger charge is -2.13. The quantitative estimate of drug-likeness (QED) is 0.457. The van der Waals surface area contributed by atoms with Gasteiger partial charge in [-0.1, -0.05) is 22.0 Å². The Bertz CT molecular complexity index is 567. The second-order valence-corrected chi connectivity index (χ2v) is 5.62. The molecule has 114 valence electrons. The molecule has 0 aromatic heterocycles. The Morgan fingerprint density at radius 1 is 1.33 bits per heavy atom. The van der Waals surface area contributed by atoms with E-state index in [1.54, 1.807) is 13.8 Å². The summed E-state index contributed by atoms with van der Waals surface area (Å²) in [6, 6.07) is 3.87. The van der Waals surface area contributed by atoms with Gasteiger partial charge in [0.05, 0.1) is 17.0 Å². The van der Waals surface area contributed by atoms with Gasteiger partial charge in [-0.3, -0.25) is 4.79 Å². The van der Waals surface area contributed by atoms with Gasteiger partial charge in [0.25, 0.3) is 0 Å². The van der Waals surface area contributed by atoms with Crippen LogP contribution in [0.2, 0.25) is 0 Å². The van der Waals surface area contributed by atoms with Gasteiger partial charge >= 0.3 is 11.9 Å². The Morgan fingerprint density at radius 3 is 2.43 bits per heavy atom. The summed E-state index contributed by atoms with van der Waals surface area (Å²) in [6.07, 6.45) is -1.91. The Morgan fingerprint density at radius 2 is 1.95 bits per heavy atom. The molecule has 7 heteroatoms. The summed E-state index contributed by atoms with van der Waals surface area (Å²) in [4.78, 5) is 34.2. The molecule has 2 unspecified atom stereocenters. The van der Waals surface area contributed by atoms with Crippen LogP contribution in [0.3, 0.4) is 0 Å². The van der Waals surface area contributed by atoms with Gasteiger partial charge in [0.15, 0.2) is 11.9 Å². The van der Waals surface area contributed by atoms with Crippen molar-refractivity contribution >= 4 is 33.7 Å². The van der Waals surface area contributed by atoms with Crippen molar-refractivity contribution in [1.29, 1.82) is 0 Å². The molecule has 0 amide bonds. The van der Waals surface area contributed by atoms with Gasteiger partial charge in [0.1, 0.15) is 0 Å². The van der Waals surface area contributed by atoms with Crippen LogP contribution in [0.1, 0.15) is 46.2 Å². The van der Waals surface area contributed by atoms with E-state index in [9.17, 15) is 19.5 Å². The van der Waals surface area contributed by atoms with E-state index in [0.29, 0.717) is 0 Å². The van der Waals surface area contributed by atoms with E-state index in [1.807, 2.05) is 0 Å². The van der Waals surface area contributed by atoms with Gasteiger partial charge in [0.2, 0.25) is 0 Å². The fraction of sp³-hybridized carbons (Fsp3) is 0.357. The van der Waals surface area contributed by atoms with Gasteiger partial charge in [-0.25, -0.2) is 9.59 Å². The molecule has 0 radical (unpaired) electrons. The lowest BCUT2D eigenvalue weighted by molar-refractivity contribution is -0.146. The zero-order valence-corrected chi connectivity index (χ0v) is 13.1. The molecule has 1 aromatic carbocycles. The fourth-order valence-electron chi connectivity index (χ4n) is 1.70. The standard InChI is InChI=1S/C14H15BrO6/c1-3-21-14(20)9-5-4-8(11(16)7(2)15)6-10(9)12(17)13(18)19/h4-7,12,17H,3H2,1-2H3,(H,18,19). The van der Waals surface area contributed by atoms with Crippen molar-refractivity contribution in [2.45, 2.75) is 24.8 Å². The number of carbonyl (C=O) groups excluding carboxylic acids is 2. The van der Waals surface area contributed by atoms with Crippen LogP contribution in [0, 0.1) is 0 Å². The minimum absolute atomic E-state index is 0.0782. The average Bonchev–Trinajstić information content (AvgIpc) is 2.44. The molecule has 0 saturated carbocycles. The van der Waals surface area contributed by atoms with Crippen molar-refractivity contribution in [2.75, 3.05) is 6.61 Å². The number of aliphatic hydroxyl groups excluding tert-OH is 1. The Kier molecular flexibility index (Phi) is 6.04. The first-order valence-corrected chi connectivity index (χ1v) is 7.11. The van der Waals surface area contributed by atoms with Crippen LogP contribution in [0.15, 0.2) is 18.2 Å². The molecule has 0 aliphatic carbocycles. The average molecular weight is 359 g/mol. The lowest BCUT2D eigenvalue weighted by atomic mass is 9.97. The summed E-state index contributed by atoms with van der Waals surface area (Å²) >= 11 is 3.12. The number of halogens is 1. The Labute approximate surface area is 129 Å². The van der Waals surface area contributed by atoms with E-state index in [4.69, 9.17) is 9.84 Å². The van der Waals surface area contributed by atoms with E-state index in [-0.39, 0.29) is 29.1 Å². The first kappa shape index (κ1) is 17.3. The summed E-state index contributed by atoms with van der Waals surface area (Å²) in [6.45, 7) is 3.34. The van der Waals surface area contributed by atoms with Gasteiger partial charge in [-0.15, -0.1) is 0 Å². The smallest absolute Gasteiger partial charge is 0.338 e. The predicted octanol–water partition coefficient (Wildman–Crippen LogP) is 1.95. The van der Waals surface area contributed by atoms with Crippen LogP contribution >= 0.6 is 15.9 Å². The summed E-state index contributed by atoms with van der Waals surface area (Å²) in [5.41, 5.74) is -0.0480. The first-order chi connectivity index (χ1) is 9.79. The SMILES string of the molecule is CCOC(=O)c1ccc(C(=O)C(C)Br)cc1C(O)C(=O)O. The zero-order chi connectivity index (χ0) is 16.2. The molecule has 2 N–H and O–H groups in total. The number of ether oxygens (including phenoxy) is 1. The molecule has 2 atom stereocenters. The summed E-state index contributed by atoms with van der Waals surface area (Å²) in [5, 5.41) is 18.6. The van der Waals surface area contributed by atoms with Crippen molar-refractivity contribution in [3.05, 3.63) is 34.9 Å². The highest BCUT2D eigenvalue weighted by Crippen LogP contribution is 2.23. The summed E-state index contributed by atoms with van der Waals surface area (Å²) < 4.78 is 4.81. The molecule has 0 aliphatic heterocycles. The van der Waals surface area contributed by atoms with Crippen LogP contribution in [0.5, 0.6) is 0 Å².